The molecule has 0 heterocycles. The number of carbonyl (C=O) groups is 1. The number of para-hydroxylation sites is 2. The zero-order valence-corrected chi connectivity index (χ0v) is 13.4. The van der Waals surface area contributed by atoms with Crippen LogP contribution in [-0.2, 0) is 11.2 Å². The summed E-state index contributed by atoms with van der Waals surface area (Å²) in [6.07, 6.45) is 0.883. The average Bonchev–Trinajstić information content (AvgIpc) is 2.48. The Bertz CT molecular complexity index is 599. The summed E-state index contributed by atoms with van der Waals surface area (Å²) in [7, 11) is 0. The maximum atomic E-state index is 11.9. The molecule has 0 radical (unpaired) electrons. The van der Waals surface area contributed by atoms with E-state index >= 15 is 0 Å². The fourth-order valence-corrected chi connectivity index (χ4v) is 2.35. The highest BCUT2D eigenvalue weighted by Gasteiger charge is 2.07. The number of aryl methyl sites for hydroxylation is 1. The largest absolute Gasteiger partial charge is 0.483 e. The number of amides is 1. The molecule has 0 atom stereocenters. The first kappa shape index (κ1) is 14.8. The van der Waals surface area contributed by atoms with E-state index in [2.05, 4.69) is 34.8 Å². The smallest absolute Gasteiger partial charge is 0.262 e. The van der Waals surface area contributed by atoms with Gasteiger partial charge in [-0.25, -0.2) is 0 Å². The Labute approximate surface area is 132 Å². The molecule has 0 aromatic heterocycles. The Morgan fingerprint density at radius 3 is 2.60 bits per heavy atom. The van der Waals surface area contributed by atoms with E-state index in [1.54, 1.807) is 0 Å². The number of hydrogen-bond donors (Lipinski definition) is 1. The molecule has 0 bridgehead atoms. The lowest BCUT2D eigenvalue weighted by Crippen LogP contribution is -2.21. The molecule has 0 unspecified atom stereocenters. The van der Waals surface area contributed by atoms with Crippen molar-refractivity contribution in [2.75, 3.05) is 11.9 Å². The summed E-state index contributed by atoms with van der Waals surface area (Å²) in [5.41, 5.74) is 1.92. The Balaban J connectivity index is 1.94. The van der Waals surface area contributed by atoms with E-state index in [1.165, 1.54) is 0 Å². The van der Waals surface area contributed by atoms with E-state index in [0.717, 1.165) is 27.0 Å². The van der Waals surface area contributed by atoms with Crippen molar-refractivity contribution in [1.29, 1.82) is 0 Å². The number of carbonyl (C=O) groups excluding carboxylic acids is 1. The Kier molecular flexibility index (Phi) is 5.40. The summed E-state index contributed by atoms with van der Waals surface area (Å²) in [6.45, 7) is 2.08. The fraction of sp³-hybridized carbons (Fsp3) is 0.188. The van der Waals surface area contributed by atoms with Gasteiger partial charge in [0.15, 0.2) is 6.61 Å². The van der Waals surface area contributed by atoms with Crippen LogP contribution in [0.4, 0.5) is 5.69 Å². The average molecular weight is 381 g/mol. The first-order valence-corrected chi connectivity index (χ1v) is 7.53. The van der Waals surface area contributed by atoms with Gasteiger partial charge in [0.1, 0.15) is 5.75 Å². The molecule has 0 saturated carbocycles. The molecule has 0 fully saturated rings. The molecule has 0 spiro atoms. The fourth-order valence-electron chi connectivity index (χ4n) is 1.83. The monoisotopic (exact) mass is 381 g/mol. The second-order valence-electron chi connectivity index (χ2n) is 4.28. The zero-order chi connectivity index (χ0) is 14.4. The van der Waals surface area contributed by atoms with E-state index in [0.29, 0.717) is 0 Å². The van der Waals surface area contributed by atoms with Gasteiger partial charge in [-0.15, -0.1) is 0 Å². The lowest BCUT2D eigenvalue weighted by molar-refractivity contribution is -0.118. The molecule has 1 N–H and O–H groups in total. The maximum Gasteiger partial charge on any atom is 0.262 e. The summed E-state index contributed by atoms with van der Waals surface area (Å²) < 4.78 is 6.59. The molecule has 2 aromatic carbocycles. The number of ether oxygens (including phenoxy) is 1. The molecule has 20 heavy (non-hydrogen) atoms. The van der Waals surface area contributed by atoms with Gasteiger partial charge in [0.2, 0.25) is 0 Å². The molecular weight excluding hydrogens is 365 g/mol. The zero-order valence-electron chi connectivity index (χ0n) is 11.2. The van der Waals surface area contributed by atoms with E-state index in [9.17, 15) is 4.79 Å². The van der Waals surface area contributed by atoms with Crippen LogP contribution in [0.2, 0.25) is 0 Å². The van der Waals surface area contributed by atoms with E-state index in [1.807, 2.05) is 48.5 Å². The van der Waals surface area contributed by atoms with Crippen molar-refractivity contribution in [3.63, 3.8) is 0 Å². The SMILES string of the molecule is CCc1ccccc1OCC(=O)Nc1ccccc1I. The van der Waals surface area contributed by atoms with Crippen LogP contribution in [0.5, 0.6) is 5.75 Å². The van der Waals surface area contributed by atoms with Gasteiger partial charge in [0.25, 0.3) is 5.91 Å². The number of nitrogens with one attached hydrogen (secondary N) is 1. The highest BCUT2D eigenvalue weighted by atomic mass is 127. The predicted octanol–water partition coefficient (Wildman–Crippen LogP) is 3.87. The van der Waals surface area contributed by atoms with Crippen LogP contribution in [0.3, 0.4) is 0 Å². The van der Waals surface area contributed by atoms with E-state index < -0.39 is 0 Å². The number of halogens is 1. The topological polar surface area (TPSA) is 38.3 Å². The number of benzene rings is 2. The van der Waals surface area contributed by atoms with Crippen molar-refractivity contribution >= 4 is 34.2 Å². The van der Waals surface area contributed by atoms with E-state index in [-0.39, 0.29) is 12.5 Å². The standard InChI is InChI=1S/C16H16INO2/c1-2-12-7-3-6-10-15(12)20-11-16(19)18-14-9-5-4-8-13(14)17/h3-10H,2,11H2,1H3,(H,18,19). The normalized spacial score (nSPS) is 10.1. The van der Waals surface area contributed by atoms with Crippen LogP contribution < -0.4 is 10.1 Å². The van der Waals surface area contributed by atoms with Crippen LogP contribution >= 0.6 is 22.6 Å². The van der Waals surface area contributed by atoms with Crippen molar-refractivity contribution in [2.24, 2.45) is 0 Å². The number of hydrogen-bond acceptors (Lipinski definition) is 2. The van der Waals surface area contributed by atoms with Crippen LogP contribution in [0.25, 0.3) is 0 Å². The molecule has 0 saturated heterocycles. The summed E-state index contributed by atoms with van der Waals surface area (Å²) in [6, 6.07) is 15.4. The minimum Gasteiger partial charge on any atom is -0.483 e. The summed E-state index contributed by atoms with van der Waals surface area (Å²) in [5.74, 6) is 0.618. The van der Waals surface area contributed by atoms with Crippen LogP contribution in [0, 0.1) is 3.57 Å². The minimum absolute atomic E-state index is 0.0159. The van der Waals surface area contributed by atoms with Crippen molar-refractivity contribution in [3.8, 4) is 5.75 Å². The van der Waals surface area contributed by atoms with Gasteiger partial charge in [0, 0.05) is 3.57 Å². The van der Waals surface area contributed by atoms with Crippen molar-refractivity contribution in [3.05, 3.63) is 57.7 Å². The third-order valence-electron chi connectivity index (χ3n) is 2.86. The van der Waals surface area contributed by atoms with Crippen LogP contribution in [-0.4, -0.2) is 12.5 Å². The van der Waals surface area contributed by atoms with Gasteiger partial charge in [-0.3, -0.25) is 4.79 Å². The van der Waals surface area contributed by atoms with Crippen molar-refractivity contribution < 1.29 is 9.53 Å². The Hall–Kier alpha value is -1.56. The predicted molar refractivity (Wildman–Crippen MR) is 89.1 cm³/mol. The summed E-state index contributed by atoms with van der Waals surface area (Å²) in [4.78, 5) is 11.9. The van der Waals surface area contributed by atoms with E-state index in [4.69, 9.17) is 4.74 Å². The number of anilines is 1. The molecule has 4 heteroatoms. The molecule has 0 aliphatic carbocycles. The molecule has 2 aromatic rings. The molecular formula is C16H16INO2. The summed E-state index contributed by atoms with van der Waals surface area (Å²) >= 11 is 2.19. The number of rotatable bonds is 5. The first-order valence-electron chi connectivity index (χ1n) is 6.45. The molecule has 3 nitrogen and oxygen atoms in total. The third kappa shape index (κ3) is 3.96. The Morgan fingerprint density at radius 1 is 1.15 bits per heavy atom. The van der Waals surface area contributed by atoms with Gasteiger partial charge in [-0.05, 0) is 52.8 Å². The minimum atomic E-state index is -0.153. The summed E-state index contributed by atoms with van der Waals surface area (Å²) in [5, 5.41) is 2.85. The van der Waals surface area contributed by atoms with Crippen molar-refractivity contribution in [2.45, 2.75) is 13.3 Å². The van der Waals surface area contributed by atoms with Gasteiger partial charge < -0.3 is 10.1 Å². The molecule has 0 aliphatic rings. The highest BCUT2D eigenvalue weighted by Crippen LogP contribution is 2.19. The second-order valence-corrected chi connectivity index (χ2v) is 5.44. The van der Waals surface area contributed by atoms with Gasteiger partial charge >= 0.3 is 0 Å². The first-order chi connectivity index (χ1) is 9.70. The molecule has 1 amide bonds. The lowest BCUT2D eigenvalue weighted by Gasteiger charge is -2.11. The second kappa shape index (κ2) is 7.28. The maximum absolute atomic E-state index is 11.9. The Morgan fingerprint density at radius 2 is 1.85 bits per heavy atom. The van der Waals surface area contributed by atoms with Crippen LogP contribution in [0.15, 0.2) is 48.5 Å². The van der Waals surface area contributed by atoms with Crippen molar-refractivity contribution in [1.82, 2.24) is 0 Å². The van der Waals surface area contributed by atoms with Gasteiger partial charge in [-0.2, -0.15) is 0 Å². The molecule has 104 valence electrons. The highest BCUT2D eigenvalue weighted by molar-refractivity contribution is 14.1. The van der Waals surface area contributed by atoms with Gasteiger partial charge in [-0.1, -0.05) is 37.3 Å². The van der Waals surface area contributed by atoms with Crippen LogP contribution in [0.1, 0.15) is 12.5 Å². The van der Waals surface area contributed by atoms with Gasteiger partial charge in [0.05, 0.1) is 5.69 Å². The quantitative estimate of drug-likeness (QED) is 0.799. The molecule has 0 aliphatic heterocycles. The third-order valence-corrected chi connectivity index (χ3v) is 3.80. The lowest BCUT2D eigenvalue weighted by atomic mass is 10.1. The molecule has 2 rings (SSSR count).